The number of hydrogen-bond donors (Lipinski definition) is 0. The van der Waals surface area contributed by atoms with E-state index in [0.29, 0.717) is 19.3 Å². The van der Waals surface area contributed by atoms with Gasteiger partial charge >= 0.3 is 17.9 Å². The average Bonchev–Trinajstić information content (AvgIpc) is 3.35. The second kappa shape index (κ2) is 58.5. The molecule has 0 amide bonds. The molecular formula is C63H118O6. The van der Waals surface area contributed by atoms with Gasteiger partial charge in [-0.3, -0.25) is 14.4 Å². The Morgan fingerprint density at radius 2 is 0.522 bits per heavy atom. The Labute approximate surface area is 430 Å². The van der Waals surface area contributed by atoms with E-state index in [4.69, 9.17) is 14.2 Å². The molecule has 0 spiro atoms. The van der Waals surface area contributed by atoms with Crippen LogP contribution in [0.1, 0.15) is 342 Å². The van der Waals surface area contributed by atoms with Crippen LogP contribution in [0, 0.1) is 0 Å². The van der Waals surface area contributed by atoms with Crippen LogP contribution >= 0.6 is 0 Å². The Balaban J connectivity index is 4.32. The predicted molar refractivity (Wildman–Crippen MR) is 298 cm³/mol. The molecule has 406 valence electrons. The highest BCUT2D eigenvalue weighted by Gasteiger charge is 2.19. The van der Waals surface area contributed by atoms with Crippen molar-refractivity contribution in [1.82, 2.24) is 0 Å². The van der Waals surface area contributed by atoms with E-state index < -0.39 is 6.10 Å². The SMILES string of the molecule is CCCCC/C=C\C/C=C\CCCCCCCC(=O)OC[C@H](COC(=O)CCCCCCCCCCCCCCCCCCCC)OC(=O)CCCCCCCCCCCCCCCCCCCC. The zero-order valence-corrected chi connectivity index (χ0v) is 46.6. The lowest BCUT2D eigenvalue weighted by Crippen LogP contribution is -2.30. The molecule has 0 unspecified atom stereocenters. The van der Waals surface area contributed by atoms with Gasteiger partial charge in [-0.15, -0.1) is 0 Å². The van der Waals surface area contributed by atoms with Crippen molar-refractivity contribution in [3.8, 4) is 0 Å². The molecule has 0 saturated heterocycles. The van der Waals surface area contributed by atoms with Crippen molar-refractivity contribution in [2.24, 2.45) is 0 Å². The maximum Gasteiger partial charge on any atom is 0.306 e. The lowest BCUT2D eigenvalue weighted by Gasteiger charge is -2.18. The zero-order valence-electron chi connectivity index (χ0n) is 46.6. The first-order valence-corrected chi connectivity index (χ1v) is 30.8. The van der Waals surface area contributed by atoms with E-state index in [2.05, 4.69) is 45.1 Å². The number of carbonyl (C=O) groups is 3. The molecule has 1 atom stereocenters. The van der Waals surface area contributed by atoms with Crippen molar-refractivity contribution in [2.75, 3.05) is 13.2 Å². The van der Waals surface area contributed by atoms with Gasteiger partial charge in [0, 0.05) is 19.3 Å². The summed E-state index contributed by atoms with van der Waals surface area (Å²) in [4.78, 5) is 38.2. The first kappa shape index (κ1) is 66.9. The van der Waals surface area contributed by atoms with Gasteiger partial charge in [0.1, 0.15) is 13.2 Å². The van der Waals surface area contributed by atoms with Gasteiger partial charge in [-0.2, -0.15) is 0 Å². The third-order valence-electron chi connectivity index (χ3n) is 14.0. The Bertz CT molecular complexity index is 1110. The number of ether oxygens (including phenoxy) is 3. The fourth-order valence-corrected chi connectivity index (χ4v) is 9.30. The first-order chi connectivity index (χ1) is 34.0. The molecule has 0 aliphatic heterocycles. The highest BCUT2D eigenvalue weighted by atomic mass is 16.6. The van der Waals surface area contributed by atoms with Crippen LogP contribution in [-0.4, -0.2) is 37.2 Å². The van der Waals surface area contributed by atoms with Crippen LogP contribution < -0.4 is 0 Å². The number of unbranched alkanes of at least 4 members (excludes halogenated alkanes) is 42. The van der Waals surface area contributed by atoms with Crippen LogP contribution in [0.4, 0.5) is 0 Å². The summed E-state index contributed by atoms with van der Waals surface area (Å²) in [6.07, 6.45) is 68.9. The fourth-order valence-electron chi connectivity index (χ4n) is 9.30. The maximum atomic E-state index is 12.9. The summed E-state index contributed by atoms with van der Waals surface area (Å²) < 4.78 is 16.9. The van der Waals surface area contributed by atoms with Crippen molar-refractivity contribution in [2.45, 2.75) is 348 Å². The van der Waals surface area contributed by atoms with Crippen LogP contribution in [0.3, 0.4) is 0 Å². The normalized spacial score (nSPS) is 12.1. The van der Waals surface area contributed by atoms with Crippen molar-refractivity contribution < 1.29 is 28.6 Å². The third-order valence-corrected chi connectivity index (χ3v) is 14.0. The monoisotopic (exact) mass is 971 g/mol. The molecule has 0 aromatic rings. The van der Waals surface area contributed by atoms with Gasteiger partial charge in [0.15, 0.2) is 6.10 Å². The highest BCUT2D eigenvalue weighted by molar-refractivity contribution is 5.71. The molecule has 0 saturated carbocycles. The Kier molecular flexibility index (Phi) is 56.7. The molecule has 0 heterocycles. The summed E-state index contributed by atoms with van der Waals surface area (Å²) in [6, 6.07) is 0. The molecule has 0 fully saturated rings. The van der Waals surface area contributed by atoms with Crippen LogP contribution in [0.2, 0.25) is 0 Å². The summed E-state index contributed by atoms with van der Waals surface area (Å²) in [5.41, 5.74) is 0. The number of rotatable bonds is 57. The minimum absolute atomic E-state index is 0.0697. The molecule has 0 radical (unpaired) electrons. The Morgan fingerprint density at radius 3 is 0.826 bits per heavy atom. The number of esters is 3. The molecule has 69 heavy (non-hydrogen) atoms. The summed E-state index contributed by atoms with van der Waals surface area (Å²) >= 11 is 0. The first-order valence-electron chi connectivity index (χ1n) is 30.8. The molecule has 0 rings (SSSR count). The Hall–Kier alpha value is -2.11. The van der Waals surface area contributed by atoms with Crippen LogP contribution in [0.25, 0.3) is 0 Å². The molecule has 0 bridgehead atoms. The van der Waals surface area contributed by atoms with Crippen LogP contribution in [-0.2, 0) is 28.6 Å². The lowest BCUT2D eigenvalue weighted by atomic mass is 10.0. The summed E-state index contributed by atoms with van der Waals surface area (Å²) in [5, 5.41) is 0. The largest absolute Gasteiger partial charge is 0.462 e. The maximum absolute atomic E-state index is 12.9. The topological polar surface area (TPSA) is 78.9 Å². The molecule has 0 N–H and O–H groups in total. The minimum atomic E-state index is -0.772. The quantitative estimate of drug-likeness (QED) is 0.0261. The molecule has 6 heteroatoms. The molecule has 0 aromatic carbocycles. The lowest BCUT2D eigenvalue weighted by molar-refractivity contribution is -0.167. The third kappa shape index (κ3) is 56.7. The average molecular weight is 972 g/mol. The number of hydrogen-bond acceptors (Lipinski definition) is 6. The van der Waals surface area contributed by atoms with Gasteiger partial charge in [-0.05, 0) is 51.4 Å². The van der Waals surface area contributed by atoms with Crippen molar-refractivity contribution in [1.29, 1.82) is 0 Å². The summed E-state index contributed by atoms with van der Waals surface area (Å²) in [6.45, 7) is 6.67. The fraction of sp³-hybridized carbons (Fsp3) is 0.889. The molecule has 0 aliphatic rings. The second-order valence-corrected chi connectivity index (χ2v) is 21.0. The molecule has 6 nitrogen and oxygen atoms in total. The van der Waals surface area contributed by atoms with E-state index in [0.717, 1.165) is 77.0 Å². The van der Waals surface area contributed by atoms with Crippen molar-refractivity contribution >= 4 is 17.9 Å². The minimum Gasteiger partial charge on any atom is -0.462 e. The van der Waals surface area contributed by atoms with Gasteiger partial charge in [-0.25, -0.2) is 0 Å². The van der Waals surface area contributed by atoms with Crippen LogP contribution in [0.15, 0.2) is 24.3 Å². The van der Waals surface area contributed by atoms with E-state index in [9.17, 15) is 14.4 Å². The van der Waals surface area contributed by atoms with Crippen molar-refractivity contribution in [3.05, 3.63) is 24.3 Å². The van der Waals surface area contributed by atoms with Gasteiger partial charge in [0.05, 0.1) is 0 Å². The van der Waals surface area contributed by atoms with Gasteiger partial charge in [0.25, 0.3) is 0 Å². The smallest absolute Gasteiger partial charge is 0.306 e. The summed E-state index contributed by atoms with van der Waals surface area (Å²) in [7, 11) is 0. The number of carbonyl (C=O) groups excluding carboxylic acids is 3. The molecular weight excluding hydrogens is 853 g/mol. The second-order valence-electron chi connectivity index (χ2n) is 21.0. The standard InChI is InChI=1S/C63H118O6/c1-4-7-10-13-16-19-22-25-28-30-32-35-38-41-44-47-50-53-56-62(65)68-59-60(58-67-61(64)55-52-49-46-43-40-37-34-27-24-21-18-15-12-9-6-3)69-63(66)57-54-51-48-45-42-39-36-33-31-29-26-23-20-17-14-11-8-5-2/h18,21,27,34,60H,4-17,19-20,22-26,28-33,35-59H2,1-3H3/b21-18-,34-27-/t60-/m1/s1. The number of allylic oxidation sites excluding steroid dienone is 4. The zero-order chi connectivity index (χ0) is 50.0. The summed E-state index contributed by atoms with van der Waals surface area (Å²) in [5.74, 6) is -0.858. The van der Waals surface area contributed by atoms with E-state index in [1.54, 1.807) is 0 Å². The molecule has 0 aromatic heterocycles. The predicted octanol–water partition coefficient (Wildman–Crippen LogP) is 20.7. The van der Waals surface area contributed by atoms with Gasteiger partial charge in [-0.1, -0.05) is 295 Å². The van der Waals surface area contributed by atoms with Gasteiger partial charge < -0.3 is 14.2 Å². The van der Waals surface area contributed by atoms with E-state index >= 15 is 0 Å². The van der Waals surface area contributed by atoms with E-state index in [1.807, 2.05) is 0 Å². The Morgan fingerprint density at radius 1 is 0.290 bits per heavy atom. The van der Waals surface area contributed by atoms with E-state index in [1.165, 1.54) is 225 Å². The van der Waals surface area contributed by atoms with Gasteiger partial charge in [0.2, 0.25) is 0 Å². The van der Waals surface area contributed by atoms with Crippen molar-refractivity contribution in [3.63, 3.8) is 0 Å². The van der Waals surface area contributed by atoms with Crippen LogP contribution in [0.5, 0.6) is 0 Å². The molecule has 0 aliphatic carbocycles. The highest BCUT2D eigenvalue weighted by Crippen LogP contribution is 2.18. The van der Waals surface area contributed by atoms with E-state index in [-0.39, 0.29) is 31.1 Å².